The minimum absolute atomic E-state index is 0.163. The Hall–Kier alpha value is -1.80. The van der Waals surface area contributed by atoms with Crippen LogP contribution in [0, 0.1) is 5.92 Å². The standard InChI is InChI=1S/C45H83O9P/c1-4-5-29-35-42(46)36-31-26-22-18-16-20-24-28-33-38-45(48)54-43(40-53-55(49,50)51)39-52-44(47)37-32-27-23-19-15-13-11-9-7-6-8-10-12-14-17-21-25-30-34-41(2)3/h22,26,31,36,41,43H,4-21,23-25,27-30,32-35,37-40H2,1-3H3,(H2,49,50,51)/b26-22-,36-31+/t43-/m1/s1. The van der Waals surface area contributed by atoms with E-state index in [0.717, 1.165) is 70.1 Å². The smallest absolute Gasteiger partial charge is 0.462 e. The van der Waals surface area contributed by atoms with Crippen molar-refractivity contribution in [2.75, 3.05) is 13.2 Å². The van der Waals surface area contributed by atoms with E-state index in [0.29, 0.717) is 19.3 Å². The molecule has 10 heteroatoms. The van der Waals surface area contributed by atoms with Gasteiger partial charge in [-0.1, -0.05) is 187 Å². The van der Waals surface area contributed by atoms with Gasteiger partial charge >= 0.3 is 19.8 Å². The summed E-state index contributed by atoms with van der Waals surface area (Å²) in [6, 6.07) is 0. The summed E-state index contributed by atoms with van der Waals surface area (Å²) in [6.07, 6.45) is 40.3. The molecule has 0 saturated carbocycles. The van der Waals surface area contributed by atoms with Gasteiger partial charge < -0.3 is 19.3 Å². The average molecular weight is 799 g/mol. The molecule has 9 nitrogen and oxygen atoms in total. The third kappa shape index (κ3) is 43.2. The second kappa shape index (κ2) is 39.0. The molecule has 2 N–H and O–H groups in total. The highest BCUT2D eigenvalue weighted by Gasteiger charge is 2.23. The highest BCUT2D eigenvalue weighted by atomic mass is 31.2. The summed E-state index contributed by atoms with van der Waals surface area (Å²) in [4.78, 5) is 54.6. The van der Waals surface area contributed by atoms with Gasteiger partial charge in [0.25, 0.3) is 0 Å². The van der Waals surface area contributed by atoms with E-state index in [9.17, 15) is 18.9 Å². The molecule has 0 spiro atoms. The molecule has 0 unspecified atom stereocenters. The highest BCUT2D eigenvalue weighted by molar-refractivity contribution is 7.46. The van der Waals surface area contributed by atoms with E-state index in [1.165, 1.54) is 103 Å². The first kappa shape index (κ1) is 53.2. The van der Waals surface area contributed by atoms with Crippen molar-refractivity contribution in [2.45, 2.75) is 226 Å². The van der Waals surface area contributed by atoms with Crippen LogP contribution in [0.15, 0.2) is 24.3 Å². The van der Waals surface area contributed by atoms with E-state index in [-0.39, 0.29) is 25.2 Å². The van der Waals surface area contributed by atoms with E-state index in [1.54, 1.807) is 6.08 Å². The lowest BCUT2D eigenvalue weighted by atomic mass is 10.0. The number of rotatable bonds is 41. The van der Waals surface area contributed by atoms with Gasteiger partial charge in [0.15, 0.2) is 11.9 Å². The van der Waals surface area contributed by atoms with Crippen LogP contribution in [0.1, 0.15) is 220 Å². The molecule has 0 aromatic heterocycles. The quantitative estimate of drug-likeness (QED) is 0.0204. The Morgan fingerprint density at radius 2 is 1.02 bits per heavy atom. The van der Waals surface area contributed by atoms with Crippen LogP contribution >= 0.6 is 7.82 Å². The summed E-state index contributed by atoms with van der Waals surface area (Å²) < 4.78 is 26.4. The minimum atomic E-state index is -4.77. The molecule has 0 aliphatic rings. The van der Waals surface area contributed by atoms with E-state index < -0.39 is 32.5 Å². The molecule has 0 rings (SSSR count). The normalized spacial score (nSPS) is 12.6. The topological polar surface area (TPSA) is 136 Å². The monoisotopic (exact) mass is 799 g/mol. The van der Waals surface area contributed by atoms with Crippen molar-refractivity contribution in [3.63, 3.8) is 0 Å². The predicted octanol–water partition coefficient (Wildman–Crippen LogP) is 13.0. The molecule has 0 aliphatic heterocycles. The Labute approximate surface area is 336 Å². The largest absolute Gasteiger partial charge is 0.469 e. The minimum Gasteiger partial charge on any atom is -0.462 e. The zero-order valence-corrected chi connectivity index (χ0v) is 36.4. The summed E-state index contributed by atoms with van der Waals surface area (Å²) in [7, 11) is -4.77. The van der Waals surface area contributed by atoms with Crippen LogP contribution in [0.4, 0.5) is 0 Å². The van der Waals surface area contributed by atoms with Gasteiger partial charge in [-0.15, -0.1) is 0 Å². The number of phosphoric ester groups is 1. The number of unbranched alkanes of at least 4 members (excludes halogenated alkanes) is 24. The summed E-state index contributed by atoms with van der Waals surface area (Å²) in [5.74, 6) is 0.0804. The van der Waals surface area contributed by atoms with Gasteiger partial charge in [-0.25, -0.2) is 4.57 Å². The van der Waals surface area contributed by atoms with Gasteiger partial charge in [-0.05, 0) is 44.1 Å². The van der Waals surface area contributed by atoms with Crippen LogP contribution in [0.25, 0.3) is 0 Å². The van der Waals surface area contributed by atoms with Crippen LogP contribution in [-0.4, -0.2) is 46.8 Å². The van der Waals surface area contributed by atoms with Gasteiger partial charge in [0.05, 0.1) is 6.61 Å². The number of esters is 2. The number of ketones is 1. The molecule has 1 atom stereocenters. The highest BCUT2D eigenvalue weighted by Crippen LogP contribution is 2.36. The lowest BCUT2D eigenvalue weighted by Crippen LogP contribution is -2.29. The fraction of sp³-hybridized carbons (Fsp3) is 0.844. The number of carbonyl (C=O) groups excluding carboxylic acids is 3. The number of hydrogen-bond donors (Lipinski definition) is 2. The Balaban J connectivity index is 3.89. The predicted molar refractivity (Wildman–Crippen MR) is 226 cm³/mol. The van der Waals surface area contributed by atoms with E-state index in [2.05, 4.69) is 31.4 Å². The maximum atomic E-state index is 12.4. The van der Waals surface area contributed by atoms with Crippen LogP contribution in [0.2, 0.25) is 0 Å². The SMILES string of the molecule is CCCCCC(=O)/C=C/C=C\CCCCCCCC(=O)O[C@H](COC(=O)CCCCCCCCCCCCCCCCCCCCC(C)C)COP(=O)(O)O. The summed E-state index contributed by atoms with van der Waals surface area (Å²) in [6.45, 7) is 5.88. The molecular formula is C45H83O9P. The zero-order chi connectivity index (χ0) is 40.7. The Morgan fingerprint density at radius 1 is 0.564 bits per heavy atom. The number of ether oxygens (including phenoxy) is 2. The molecule has 0 saturated heterocycles. The fourth-order valence-electron chi connectivity index (χ4n) is 6.48. The van der Waals surface area contributed by atoms with E-state index in [1.807, 2.05) is 12.2 Å². The summed E-state index contributed by atoms with van der Waals surface area (Å²) in [5, 5.41) is 0. The summed E-state index contributed by atoms with van der Waals surface area (Å²) >= 11 is 0. The maximum Gasteiger partial charge on any atom is 0.469 e. The molecule has 0 radical (unpaired) electrons. The Kier molecular flexibility index (Phi) is 37.8. The second-order valence-electron chi connectivity index (χ2n) is 15.9. The molecule has 0 fully saturated rings. The fourth-order valence-corrected chi connectivity index (χ4v) is 6.84. The number of hydrogen-bond acceptors (Lipinski definition) is 7. The van der Waals surface area contributed by atoms with Crippen molar-refractivity contribution in [3.05, 3.63) is 24.3 Å². The first-order chi connectivity index (χ1) is 26.5. The van der Waals surface area contributed by atoms with Crippen molar-refractivity contribution in [1.82, 2.24) is 0 Å². The first-order valence-corrected chi connectivity index (χ1v) is 24.0. The zero-order valence-electron chi connectivity index (χ0n) is 35.5. The lowest BCUT2D eigenvalue weighted by Gasteiger charge is -2.18. The van der Waals surface area contributed by atoms with Gasteiger partial charge in [0.2, 0.25) is 0 Å². The maximum absolute atomic E-state index is 12.4. The van der Waals surface area contributed by atoms with Crippen LogP contribution in [-0.2, 0) is 32.9 Å². The molecule has 322 valence electrons. The number of carbonyl (C=O) groups is 3. The molecule has 0 heterocycles. The van der Waals surface area contributed by atoms with Gasteiger partial charge in [-0.2, -0.15) is 0 Å². The molecule has 0 bridgehead atoms. The van der Waals surface area contributed by atoms with Crippen molar-refractivity contribution in [1.29, 1.82) is 0 Å². The van der Waals surface area contributed by atoms with Gasteiger partial charge in [0.1, 0.15) is 6.61 Å². The molecule has 55 heavy (non-hydrogen) atoms. The van der Waals surface area contributed by atoms with Crippen LogP contribution in [0.3, 0.4) is 0 Å². The molecule has 0 aromatic rings. The van der Waals surface area contributed by atoms with Gasteiger partial charge in [0, 0.05) is 19.3 Å². The molecule has 0 aliphatic carbocycles. The number of phosphoric acid groups is 1. The van der Waals surface area contributed by atoms with Crippen molar-refractivity contribution in [2.24, 2.45) is 5.92 Å². The lowest BCUT2D eigenvalue weighted by molar-refractivity contribution is -0.161. The van der Waals surface area contributed by atoms with Crippen LogP contribution in [0.5, 0.6) is 0 Å². The second-order valence-corrected chi connectivity index (χ2v) is 17.1. The van der Waals surface area contributed by atoms with E-state index >= 15 is 0 Å². The average Bonchev–Trinajstić information content (AvgIpc) is 3.13. The summed E-state index contributed by atoms with van der Waals surface area (Å²) in [5.41, 5.74) is 0. The molecular weight excluding hydrogens is 715 g/mol. The van der Waals surface area contributed by atoms with Crippen molar-refractivity contribution < 1.29 is 42.7 Å². The van der Waals surface area contributed by atoms with Crippen LogP contribution < -0.4 is 0 Å². The third-order valence-electron chi connectivity index (χ3n) is 9.88. The van der Waals surface area contributed by atoms with Crippen molar-refractivity contribution in [3.8, 4) is 0 Å². The molecule has 0 aromatic carbocycles. The first-order valence-electron chi connectivity index (χ1n) is 22.4. The third-order valence-corrected chi connectivity index (χ3v) is 10.4. The Morgan fingerprint density at radius 3 is 1.51 bits per heavy atom. The van der Waals surface area contributed by atoms with E-state index in [4.69, 9.17) is 19.3 Å². The Bertz CT molecular complexity index is 1020. The van der Waals surface area contributed by atoms with Gasteiger partial charge in [-0.3, -0.25) is 18.9 Å². The molecule has 0 amide bonds. The number of allylic oxidation sites excluding steroid dienone is 4. The van der Waals surface area contributed by atoms with Crippen molar-refractivity contribution >= 4 is 25.5 Å².